The number of fused-ring (bicyclic) bond motifs is 7. The van der Waals surface area contributed by atoms with E-state index in [1.54, 1.807) is 0 Å². The number of aliphatic hydroxyl groups is 3. The van der Waals surface area contributed by atoms with Gasteiger partial charge in [-0.15, -0.1) is 0 Å². The molecule has 0 amide bonds. The van der Waals surface area contributed by atoms with Crippen LogP contribution in [0.3, 0.4) is 0 Å². The number of hydrogen-bond acceptors (Lipinski definition) is 3. The first-order valence-corrected chi connectivity index (χ1v) is 14.0. The maximum Gasteiger partial charge on any atom is 0.157 e. The molecular formula is C30H50O3. The van der Waals surface area contributed by atoms with Gasteiger partial charge in [0, 0.05) is 5.41 Å². The maximum absolute atomic E-state index is 10.9. The van der Waals surface area contributed by atoms with Crippen LogP contribution in [0.5, 0.6) is 0 Å². The molecule has 0 aromatic carbocycles. The third kappa shape index (κ3) is 2.85. The first-order chi connectivity index (χ1) is 15.3. The van der Waals surface area contributed by atoms with Crippen molar-refractivity contribution in [1.29, 1.82) is 0 Å². The Morgan fingerprint density at radius 2 is 1.48 bits per heavy atom. The van der Waals surface area contributed by atoms with Crippen molar-refractivity contribution in [2.75, 3.05) is 0 Å². The quantitative estimate of drug-likeness (QED) is 0.335. The van der Waals surface area contributed by atoms with Gasteiger partial charge in [0.1, 0.15) is 0 Å². The molecule has 10 atom stereocenters. The zero-order valence-electron chi connectivity index (χ0n) is 22.2. The fourth-order valence-electron chi connectivity index (χ4n) is 11.6. The van der Waals surface area contributed by atoms with Crippen LogP contribution in [0.15, 0.2) is 12.2 Å². The first-order valence-electron chi connectivity index (χ1n) is 14.0. The Bertz CT molecular complexity index is 817. The second-order valence-electron chi connectivity index (χ2n) is 14.7. The fraction of sp³-hybridized carbons (Fsp3) is 0.933. The molecule has 5 rings (SSSR count). The van der Waals surface area contributed by atoms with Crippen molar-refractivity contribution in [3.05, 3.63) is 12.2 Å². The van der Waals surface area contributed by atoms with Gasteiger partial charge in [0.2, 0.25) is 0 Å². The van der Waals surface area contributed by atoms with Crippen LogP contribution in [0.1, 0.15) is 106 Å². The SMILES string of the molecule is C=C(C)C1CCC2(C(O)O)CC[C@]3(C)C(CCC4C5(C)CCC(O)C(C)(C)C5CCC43C)C12. The van der Waals surface area contributed by atoms with E-state index in [1.165, 1.54) is 31.3 Å². The lowest BCUT2D eigenvalue weighted by Gasteiger charge is -2.73. The first kappa shape index (κ1) is 24.3. The molecule has 0 radical (unpaired) electrons. The van der Waals surface area contributed by atoms with Crippen molar-refractivity contribution in [3.8, 4) is 0 Å². The lowest BCUT2D eigenvalue weighted by Crippen LogP contribution is -2.67. The monoisotopic (exact) mass is 458 g/mol. The number of allylic oxidation sites excluding steroid dienone is 1. The van der Waals surface area contributed by atoms with Crippen LogP contribution >= 0.6 is 0 Å². The number of hydrogen-bond donors (Lipinski definition) is 3. The number of aliphatic hydroxyl groups excluding tert-OH is 2. The van der Waals surface area contributed by atoms with Crippen LogP contribution in [0, 0.1) is 56.7 Å². The molecule has 3 N–H and O–H groups in total. The van der Waals surface area contributed by atoms with E-state index < -0.39 is 6.29 Å². The minimum absolute atomic E-state index is 0.00863. The smallest absolute Gasteiger partial charge is 0.157 e. The molecule has 9 unspecified atom stereocenters. The summed E-state index contributed by atoms with van der Waals surface area (Å²) in [5.41, 5.74) is 1.69. The average Bonchev–Trinajstić information content (AvgIpc) is 3.13. The molecule has 0 bridgehead atoms. The summed E-state index contributed by atoms with van der Waals surface area (Å²) in [5.74, 6) is 2.59. The largest absolute Gasteiger partial charge is 0.393 e. The molecule has 5 saturated carbocycles. The molecule has 3 nitrogen and oxygen atoms in total. The van der Waals surface area contributed by atoms with Gasteiger partial charge in [-0.05, 0) is 122 Å². The second-order valence-corrected chi connectivity index (χ2v) is 14.7. The van der Waals surface area contributed by atoms with Gasteiger partial charge in [0.05, 0.1) is 6.10 Å². The van der Waals surface area contributed by atoms with Gasteiger partial charge in [-0.25, -0.2) is 0 Å². The van der Waals surface area contributed by atoms with E-state index in [1.807, 2.05) is 0 Å². The van der Waals surface area contributed by atoms with E-state index in [0.717, 1.165) is 38.5 Å². The van der Waals surface area contributed by atoms with Crippen molar-refractivity contribution in [1.82, 2.24) is 0 Å². The topological polar surface area (TPSA) is 60.7 Å². The summed E-state index contributed by atoms with van der Waals surface area (Å²) < 4.78 is 0. The highest BCUT2D eigenvalue weighted by Gasteiger charge is 2.71. The zero-order valence-corrected chi connectivity index (χ0v) is 22.2. The Hall–Kier alpha value is -0.380. The molecule has 5 aliphatic rings. The lowest BCUT2D eigenvalue weighted by atomic mass is 9.32. The van der Waals surface area contributed by atoms with Crippen LogP contribution < -0.4 is 0 Å². The highest BCUT2D eigenvalue weighted by molar-refractivity contribution is 5.21. The third-order valence-corrected chi connectivity index (χ3v) is 13.6. The molecular weight excluding hydrogens is 408 g/mol. The van der Waals surface area contributed by atoms with E-state index in [-0.39, 0.29) is 33.2 Å². The van der Waals surface area contributed by atoms with Crippen molar-refractivity contribution >= 4 is 0 Å². The molecule has 0 spiro atoms. The summed E-state index contributed by atoms with van der Waals surface area (Å²) in [7, 11) is 0. The Balaban J connectivity index is 1.56. The van der Waals surface area contributed by atoms with Crippen LogP contribution in [-0.2, 0) is 0 Å². The minimum atomic E-state index is -1.21. The molecule has 0 aromatic rings. The molecule has 0 aliphatic heterocycles. The molecule has 5 fully saturated rings. The van der Waals surface area contributed by atoms with Gasteiger partial charge in [0.15, 0.2) is 6.29 Å². The van der Waals surface area contributed by atoms with E-state index in [0.29, 0.717) is 29.6 Å². The van der Waals surface area contributed by atoms with Crippen LogP contribution in [0.4, 0.5) is 0 Å². The average molecular weight is 459 g/mol. The van der Waals surface area contributed by atoms with E-state index >= 15 is 0 Å². The van der Waals surface area contributed by atoms with Gasteiger partial charge >= 0.3 is 0 Å². The molecule has 0 heterocycles. The molecule has 0 aromatic heterocycles. The third-order valence-electron chi connectivity index (χ3n) is 13.6. The summed E-state index contributed by atoms with van der Waals surface area (Å²) in [6, 6.07) is 0. The summed E-state index contributed by atoms with van der Waals surface area (Å²) in [5, 5.41) is 32.3. The van der Waals surface area contributed by atoms with Crippen LogP contribution in [0.2, 0.25) is 0 Å². The molecule has 188 valence electrons. The van der Waals surface area contributed by atoms with Gasteiger partial charge in [-0.2, -0.15) is 0 Å². The Morgan fingerprint density at radius 1 is 0.788 bits per heavy atom. The maximum atomic E-state index is 10.9. The minimum Gasteiger partial charge on any atom is -0.393 e. The summed E-state index contributed by atoms with van der Waals surface area (Å²) in [6.07, 6.45) is 9.71. The van der Waals surface area contributed by atoms with E-state index in [4.69, 9.17) is 0 Å². The summed E-state index contributed by atoms with van der Waals surface area (Å²) in [6.45, 7) is 19.0. The fourth-order valence-corrected chi connectivity index (χ4v) is 11.6. The molecule has 33 heavy (non-hydrogen) atoms. The summed E-state index contributed by atoms with van der Waals surface area (Å²) in [4.78, 5) is 0. The van der Waals surface area contributed by atoms with Crippen molar-refractivity contribution in [2.45, 2.75) is 118 Å². The predicted octanol–water partition coefficient (Wildman–Crippen LogP) is 6.32. The summed E-state index contributed by atoms with van der Waals surface area (Å²) >= 11 is 0. The lowest BCUT2D eigenvalue weighted by molar-refractivity contribution is -0.266. The second kappa shape index (κ2) is 7.32. The van der Waals surface area contributed by atoms with Gasteiger partial charge < -0.3 is 15.3 Å². The standard InChI is InChI=1S/C30H50O3/c1-18(2)19-10-15-30(25(32)33)17-16-28(6)20(24(19)30)8-9-22-27(5)13-12-23(31)26(3,4)21(27)11-14-29(22,28)7/h19-25,31-33H,1,8-17H2,2-7H3/t19?,20?,21?,22?,23?,24?,27?,28-,29?,30?/m1/s1. The zero-order chi connectivity index (χ0) is 24.2. The Morgan fingerprint density at radius 3 is 2.12 bits per heavy atom. The molecule has 3 heteroatoms. The van der Waals surface area contributed by atoms with Gasteiger partial charge in [-0.3, -0.25) is 0 Å². The van der Waals surface area contributed by atoms with E-state index in [9.17, 15) is 15.3 Å². The van der Waals surface area contributed by atoms with Crippen molar-refractivity contribution in [3.63, 3.8) is 0 Å². The van der Waals surface area contributed by atoms with Gasteiger partial charge in [0.25, 0.3) is 0 Å². The predicted molar refractivity (Wildman–Crippen MR) is 133 cm³/mol. The highest BCUT2D eigenvalue weighted by atomic mass is 16.5. The van der Waals surface area contributed by atoms with E-state index in [2.05, 4.69) is 48.1 Å². The van der Waals surface area contributed by atoms with Crippen LogP contribution in [0.25, 0.3) is 0 Å². The van der Waals surface area contributed by atoms with Crippen LogP contribution in [-0.4, -0.2) is 27.7 Å². The Kier molecular flexibility index (Phi) is 5.40. The van der Waals surface area contributed by atoms with Crippen molar-refractivity contribution in [2.24, 2.45) is 56.7 Å². The highest BCUT2D eigenvalue weighted by Crippen LogP contribution is 2.77. The van der Waals surface area contributed by atoms with Gasteiger partial charge in [-0.1, -0.05) is 46.8 Å². The molecule has 0 saturated heterocycles. The Labute approximate surface area is 202 Å². The normalized spacial score (nSPS) is 55.3. The number of rotatable bonds is 2. The van der Waals surface area contributed by atoms with Crippen molar-refractivity contribution < 1.29 is 15.3 Å². The molecule has 5 aliphatic carbocycles.